The van der Waals surface area contributed by atoms with Crippen molar-refractivity contribution in [1.29, 1.82) is 0 Å². The smallest absolute Gasteiger partial charge is 0.255 e. The number of hydrogen-bond acceptors (Lipinski definition) is 1. The van der Waals surface area contributed by atoms with Crippen LogP contribution in [-0.2, 0) is 0 Å². The monoisotopic (exact) mass is 355 g/mol. The second kappa shape index (κ2) is 5.69. The summed E-state index contributed by atoms with van der Waals surface area (Å²) in [6, 6.07) is 6.24. The molecule has 3 rings (SSSR count). The van der Waals surface area contributed by atoms with Gasteiger partial charge < -0.3 is 4.90 Å². The molecule has 1 aromatic rings. The molecule has 1 aliphatic carbocycles. The maximum atomic E-state index is 12.9. The van der Waals surface area contributed by atoms with Crippen LogP contribution in [-0.4, -0.2) is 22.9 Å². The molecular formula is C16H19BrClNO. The third kappa shape index (κ3) is 2.50. The van der Waals surface area contributed by atoms with Crippen LogP contribution >= 0.6 is 27.5 Å². The van der Waals surface area contributed by atoms with Crippen LogP contribution < -0.4 is 0 Å². The van der Waals surface area contributed by atoms with Gasteiger partial charge in [0, 0.05) is 16.6 Å². The Kier molecular flexibility index (Phi) is 4.09. The summed E-state index contributed by atoms with van der Waals surface area (Å²) in [5.41, 5.74) is 0.624. The number of halogens is 2. The van der Waals surface area contributed by atoms with Crippen LogP contribution in [0.25, 0.3) is 0 Å². The topological polar surface area (TPSA) is 20.3 Å². The molecule has 0 N–H and O–H groups in total. The highest BCUT2D eigenvalue weighted by atomic mass is 79.9. The Morgan fingerprint density at radius 3 is 2.90 bits per heavy atom. The van der Waals surface area contributed by atoms with Gasteiger partial charge >= 0.3 is 0 Å². The second-order valence-electron chi connectivity index (χ2n) is 6.03. The lowest BCUT2D eigenvalue weighted by Crippen LogP contribution is -2.42. The highest BCUT2D eigenvalue weighted by Crippen LogP contribution is 2.40. The third-order valence-electron chi connectivity index (χ3n) is 4.74. The molecule has 108 valence electrons. The number of amides is 1. The Morgan fingerprint density at radius 2 is 2.10 bits per heavy atom. The van der Waals surface area contributed by atoms with Crippen LogP contribution in [0.1, 0.15) is 49.4 Å². The summed E-state index contributed by atoms with van der Waals surface area (Å²) < 4.78 is 0.900. The second-order valence-corrected chi connectivity index (χ2v) is 7.36. The Hall–Kier alpha value is -0.540. The van der Waals surface area contributed by atoms with Gasteiger partial charge in [0.15, 0.2) is 0 Å². The Morgan fingerprint density at radius 1 is 1.35 bits per heavy atom. The molecule has 2 nitrogen and oxygen atoms in total. The molecule has 2 fully saturated rings. The predicted octanol–water partition coefficient (Wildman–Crippen LogP) is 4.90. The SMILES string of the molecule is CC1CC2CCCCC2N1C(=O)c1cc(Br)ccc1Cl. The molecule has 1 amide bonds. The number of fused-ring (bicyclic) bond motifs is 1. The van der Waals surface area contributed by atoms with Crippen molar-refractivity contribution in [2.45, 2.75) is 51.1 Å². The molecule has 0 radical (unpaired) electrons. The summed E-state index contributed by atoms with van der Waals surface area (Å²) in [4.78, 5) is 15.0. The van der Waals surface area contributed by atoms with Gasteiger partial charge in [-0.15, -0.1) is 0 Å². The summed E-state index contributed by atoms with van der Waals surface area (Å²) in [7, 11) is 0. The van der Waals surface area contributed by atoms with Crippen LogP contribution in [0.4, 0.5) is 0 Å². The van der Waals surface area contributed by atoms with Crippen molar-refractivity contribution >= 4 is 33.4 Å². The van der Waals surface area contributed by atoms with Crippen LogP contribution in [0, 0.1) is 5.92 Å². The van der Waals surface area contributed by atoms with E-state index in [1.54, 1.807) is 6.07 Å². The fraction of sp³-hybridized carbons (Fsp3) is 0.562. The highest BCUT2D eigenvalue weighted by Gasteiger charge is 2.42. The summed E-state index contributed by atoms with van der Waals surface area (Å²) in [5, 5.41) is 0.546. The van der Waals surface area contributed by atoms with E-state index in [-0.39, 0.29) is 5.91 Å². The number of hydrogen-bond donors (Lipinski definition) is 0. The molecule has 0 spiro atoms. The number of benzene rings is 1. The maximum absolute atomic E-state index is 12.9. The van der Waals surface area contributed by atoms with Gasteiger partial charge in [-0.3, -0.25) is 4.79 Å². The van der Waals surface area contributed by atoms with Crippen molar-refractivity contribution in [3.8, 4) is 0 Å². The van der Waals surface area contributed by atoms with Gasteiger partial charge in [0.05, 0.1) is 10.6 Å². The maximum Gasteiger partial charge on any atom is 0.255 e. The average Bonchev–Trinajstić information content (AvgIpc) is 2.76. The van der Waals surface area contributed by atoms with Crippen molar-refractivity contribution in [1.82, 2.24) is 4.90 Å². The van der Waals surface area contributed by atoms with E-state index < -0.39 is 0 Å². The molecular weight excluding hydrogens is 338 g/mol. The van der Waals surface area contributed by atoms with Crippen molar-refractivity contribution in [3.63, 3.8) is 0 Å². The summed E-state index contributed by atoms with van der Waals surface area (Å²) >= 11 is 9.65. The van der Waals surface area contributed by atoms with Crippen LogP contribution in [0.5, 0.6) is 0 Å². The summed E-state index contributed by atoms with van der Waals surface area (Å²) in [5.74, 6) is 0.784. The Balaban J connectivity index is 1.91. The molecule has 4 heteroatoms. The van der Waals surface area contributed by atoms with Crippen molar-refractivity contribution in [3.05, 3.63) is 33.3 Å². The van der Waals surface area contributed by atoms with Crippen LogP contribution in [0.3, 0.4) is 0 Å². The third-order valence-corrected chi connectivity index (χ3v) is 5.56. The summed E-state index contributed by atoms with van der Waals surface area (Å²) in [6.45, 7) is 2.17. The first-order chi connectivity index (χ1) is 9.58. The zero-order valence-corrected chi connectivity index (χ0v) is 14.0. The minimum Gasteiger partial charge on any atom is -0.333 e. The van der Waals surface area contributed by atoms with Gasteiger partial charge in [-0.1, -0.05) is 40.4 Å². The van der Waals surface area contributed by atoms with Crippen LogP contribution in [0.15, 0.2) is 22.7 Å². The van der Waals surface area contributed by atoms with E-state index in [4.69, 9.17) is 11.6 Å². The van der Waals surface area contributed by atoms with E-state index in [0.29, 0.717) is 28.6 Å². The first-order valence-corrected chi connectivity index (χ1v) is 8.52. The standard InChI is InChI=1S/C16H19BrClNO/c1-10-8-11-4-2-3-5-15(11)19(10)16(20)13-9-12(17)6-7-14(13)18/h6-7,9-11,15H,2-5,8H2,1H3. The molecule has 0 bridgehead atoms. The minimum atomic E-state index is 0.0956. The highest BCUT2D eigenvalue weighted by molar-refractivity contribution is 9.10. The molecule has 2 aliphatic rings. The van der Waals surface area contributed by atoms with E-state index in [0.717, 1.165) is 17.3 Å². The van der Waals surface area contributed by atoms with E-state index >= 15 is 0 Å². The fourth-order valence-corrected chi connectivity index (χ4v) is 4.42. The first-order valence-electron chi connectivity index (χ1n) is 7.35. The molecule has 3 atom stereocenters. The van der Waals surface area contributed by atoms with Crippen molar-refractivity contribution < 1.29 is 4.79 Å². The van der Waals surface area contributed by atoms with Crippen LogP contribution in [0.2, 0.25) is 5.02 Å². The zero-order chi connectivity index (χ0) is 14.3. The van der Waals surface area contributed by atoms with E-state index in [1.165, 1.54) is 19.3 Å². The molecule has 0 aromatic heterocycles. The lowest BCUT2D eigenvalue weighted by atomic mass is 9.85. The number of rotatable bonds is 1. The number of carbonyl (C=O) groups is 1. The van der Waals surface area contributed by atoms with Gasteiger partial charge in [0.1, 0.15) is 0 Å². The molecule has 1 aromatic carbocycles. The minimum absolute atomic E-state index is 0.0956. The van der Waals surface area contributed by atoms with Gasteiger partial charge in [0.2, 0.25) is 0 Å². The van der Waals surface area contributed by atoms with E-state index in [2.05, 4.69) is 27.8 Å². The van der Waals surface area contributed by atoms with Gasteiger partial charge in [-0.2, -0.15) is 0 Å². The first kappa shape index (κ1) is 14.4. The van der Waals surface area contributed by atoms with Gasteiger partial charge in [-0.05, 0) is 50.3 Å². The number of nitrogens with zero attached hydrogens (tertiary/aromatic N) is 1. The van der Waals surface area contributed by atoms with Crippen molar-refractivity contribution in [2.75, 3.05) is 0 Å². The molecule has 1 saturated heterocycles. The number of likely N-dealkylation sites (tertiary alicyclic amines) is 1. The zero-order valence-electron chi connectivity index (χ0n) is 11.6. The Labute approximate surface area is 133 Å². The molecule has 1 saturated carbocycles. The van der Waals surface area contributed by atoms with Crippen molar-refractivity contribution in [2.24, 2.45) is 5.92 Å². The van der Waals surface area contributed by atoms with E-state index in [1.807, 2.05) is 12.1 Å². The average molecular weight is 357 g/mol. The number of carbonyl (C=O) groups excluding carboxylic acids is 1. The summed E-state index contributed by atoms with van der Waals surface area (Å²) in [6.07, 6.45) is 6.11. The normalized spacial score (nSPS) is 29.4. The quantitative estimate of drug-likeness (QED) is 0.701. The lowest BCUT2D eigenvalue weighted by molar-refractivity contribution is 0.0633. The fourth-order valence-electron chi connectivity index (χ4n) is 3.86. The predicted molar refractivity (Wildman–Crippen MR) is 85.1 cm³/mol. The largest absolute Gasteiger partial charge is 0.333 e. The molecule has 1 aliphatic heterocycles. The molecule has 1 heterocycles. The lowest BCUT2D eigenvalue weighted by Gasteiger charge is -2.33. The molecule has 20 heavy (non-hydrogen) atoms. The Bertz CT molecular complexity index is 533. The molecule has 3 unspecified atom stereocenters. The van der Waals surface area contributed by atoms with Gasteiger partial charge in [0.25, 0.3) is 5.91 Å². The van der Waals surface area contributed by atoms with E-state index in [9.17, 15) is 4.79 Å². The van der Waals surface area contributed by atoms with Gasteiger partial charge in [-0.25, -0.2) is 0 Å².